The molecule has 16 heavy (non-hydrogen) atoms. The lowest BCUT2D eigenvalue weighted by Gasteiger charge is -1.97. The van der Waals surface area contributed by atoms with Crippen molar-refractivity contribution in [2.45, 2.75) is 6.42 Å². The Hall–Kier alpha value is -2.40. The van der Waals surface area contributed by atoms with E-state index in [0.29, 0.717) is 0 Å². The van der Waals surface area contributed by atoms with E-state index in [1.54, 1.807) is 6.07 Å². The number of hydrogen-bond donors (Lipinski definition) is 1. The Balaban J connectivity index is 3.12. The lowest BCUT2D eigenvalue weighted by Crippen LogP contribution is -2.08. The van der Waals surface area contributed by atoms with Gasteiger partial charge >= 0.3 is 0 Å². The quantitative estimate of drug-likeness (QED) is 0.719. The molecular weight excluding hydrogens is 214 g/mol. The number of nitrogens with zero attached hydrogens (tertiary/aromatic N) is 1. The Morgan fingerprint density at radius 1 is 1.31 bits per heavy atom. The van der Waals surface area contributed by atoms with Crippen LogP contribution in [0, 0.1) is 34.8 Å². The number of hydrogen-bond acceptors (Lipinski definition) is 2. The van der Waals surface area contributed by atoms with Gasteiger partial charge in [0, 0.05) is 5.56 Å². The van der Waals surface area contributed by atoms with E-state index >= 15 is 0 Å². The summed E-state index contributed by atoms with van der Waals surface area (Å²) in [7, 11) is 0. The highest BCUT2D eigenvalue weighted by Gasteiger charge is 2.07. The maximum absolute atomic E-state index is 12.8. The molecule has 2 N–H and O–H groups in total. The van der Waals surface area contributed by atoms with Gasteiger partial charge in [-0.1, -0.05) is 11.8 Å². The third-order valence-corrected chi connectivity index (χ3v) is 1.67. The van der Waals surface area contributed by atoms with Crippen LogP contribution in [0.4, 0.5) is 8.78 Å². The number of carbonyl (C=O) groups excluding carboxylic acids is 1. The van der Waals surface area contributed by atoms with E-state index in [4.69, 9.17) is 11.0 Å². The maximum atomic E-state index is 12.8. The van der Waals surface area contributed by atoms with Crippen LogP contribution in [0.2, 0.25) is 0 Å². The van der Waals surface area contributed by atoms with Crippen LogP contribution in [-0.2, 0) is 4.79 Å². The van der Waals surface area contributed by atoms with Gasteiger partial charge in [0.05, 0.1) is 12.0 Å². The van der Waals surface area contributed by atoms with Gasteiger partial charge < -0.3 is 5.73 Å². The van der Waals surface area contributed by atoms with Crippen LogP contribution in [0.3, 0.4) is 0 Å². The van der Waals surface area contributed by atoms with E-state index in [1.165, 1.54) is 0 Å². The minimum Gasteiger partial charge on any atom is -0.369 e. The lowest BCUT2D eigenvalue weighted by molar-refractivity contribution is -0.117. The minimum atomic E-state index is -1.11. The first-order valence-electron chi connectivity index (χ1n) is 4.21. The molecule has 1 aromatic rings. The minimum absolute atomic E-state index is 0.0302. The number of amides is 1. The van der Waals surface area contributed by atoms with Crippen molar-refractivity contribution in [3.63, 3.8) is 0 Å². The van der Waals surface area contributed by atoms with Crippen molar-refractivity contribution in [1.29, 1.82) is 5.26 Å². The fourth-order valence-corrected chi connectivity index (χ4v) is 0.969. The molecule has 1 amide bonds. The second-order valence-electron chi connectivity index (χ2n) is 2.87. The molecule has 0 unspecified atom stereocenters. The second kappa shape index (κ2) is 4.90. The van der Waals surface area contributed by atoms with E-state index in [2.05, 4.69) is 11.8 Å². The topological polar surface area (TPSA) is 66.9 Å². The molecule has 1 aromatic carbocycles. The third kappa shape index (κ3) is 2.79. The predicted molar refractivity (Wildman–Crippen MR) is 51.8 cm³/mol. The van der Waals surface area contributed by atoms with E-state index in [0.717, 1.165) is 12.1 Å². The van der Waals surface area contributed by atoms with Crippen molar-refractivity contribution >= 4 is 5.91 Å². The number of primary amides is 1. The third-order valence-electron chi connectivity index (χ3n) is 1.67. The van der Waals surface area contributed by atoms with Crippen molar-refractivity contribution < 1.29 is 13.6 Å². The molecule has 0 aliphatic rings. The van der Waals surface area contributed by atoms with Crippen LogP contribution in [0.15, 0.2) is 12.1 Å². The van der Waals surface area contributed by atoms with Crippen LogP contribution in [0.1, 0.15) is 17.5 Å². The van der Waals surface area contributed by atoms with Crippen molar-refractivity contribution in [3.8, 4) is 17.9 Å². The van der Waals surface area contributed by atoms with Crippen LogP contribution in [0.5, 0.6) is 0 Å². The Bertz CT molecular complexity index is 535. The zero-order valence-corrected chi connectivity index (χ0v) is 8.05. The molecule has 80 valence electrons. The normalized spacial score (nSPS) is 8.81. The molecule has 0 aromatic heterocycles. The van der Waals surface area contributed by atoms with E-state index in [1.807, 2.05) is 0 Å². The summed E-state index contributed by atoms with van der Waals surface area (Å²) in [5, 5.41) is 8.64. The monoisotopic (exact) mass is 220 g/mol. The number of halogens is 2. The van der Waals surface area contributed by atoms with E-state index in [9.17, 15) is 13.6 Å². The van der Waals surface area contributed by atoms with Gasteiger partial charge in [0.1, 0.15) is 6.07 Å². The van der Waals surface area contributed by atoms with E-state index < -0.39 is 17.5 Å². The summed E-state index contributed by atoms with van der Waals surface area (Å²) in [5.74, 6) is 1.90. The second-order valence-corrected chi connectivity index (χ2v) is 2.87. The first-order valence-corrected chi connectivity index (χ1v) is 4.21. The predicted octanol–water partition coefficient (Wildman–Crippen LogP) is 1.06. The summed E-state index contributed by atoms with van der Waals surface area (Å²) >= 11 is 0. The summed E-state index contributed by atoms with van der Waals surface area (Å²) in [6.07, 6.45) is -0.204. The molecule has 0 saturated carbocycles. The fourth-order valence-electron chi connectivity index (χ4n) is 0.969. The van der Waals surface area contributed by atoms with Gasteiger partial charge in [-0.05, 0) is 12.1 Å². The molecule has 5 heteroatoms. The van der Waals surface area contributed by atoms with Gasteiger partial charge in [-0.2, -0.15) is 5.26 Å². The van der Waals surface area contributed by atoms with Gasteiger partial charge in [0.2, 0.25) is 5.91 Å². The summed E-state index contributed by atoms with van der Waals surface area (Å²) in [5.41, 5.74) is 4.78. The molecule has 0 heterocycles. The average Bonchev–Trinajstić information content (AvgIpc) is 2.22. The van der Waals surface area contributed by atoms with Crippen LogP contribution in [-0.4, -0.2) is 5.91 Å². The maximum Gasteiger partial charge on any atom is 0.229 e. The highest BCUT2D eigenvalue weighted by Crippen LogP contribution is 2.13. The van der Waals surface area contributed by atoms with Crippen LogP contribution < -0.4 is 5.73 Å². The van der Waals surface area contributed by atoms with Gasteiger partial charge in [-0.25, -0.2) is 8.78 Å². The van der Waals surface area contributed by atoms with Crippen molar-refractivity contribution in [2.75, 3.05) is 0 Å². The van der Waals surface area contributed by atoms with Crippen molar-refractivity contribution in [1.82, 2.24) is 0 Å². The molecule has 0 spiro atoms. The lowest BCUT2D eigenvalue weighted by atomic mass is 10.1. The number of nitrogens with two attached hydrogens (primary N) is 1. The van der Waals surface area contributed by atoms with Gasteiger partial charge in [0.15, 0.2) is 11.6 Å². The van der Waals surface area contributed by atoms with Crippen LogP contribution in [0.25, 0.3) is 0 Å². The molecule has 0 bridgehead atoms. The summed E-state index contributed by atoms with van der Waals surface area (Å²) in [6.45, 7) is 0. The zero-order chi connectivity index (χ0) is 12.1. The molecule has 0 saturated heterocycles. The fraction of sp³-hybridized carbons (Fsp3) is 0.0909. The SMILES string of the molecule is N#Cc1cc(F)c(F)cc1C#CCC(N)=O. The smallest absolute Gasteiger partial charge is 0.229 e. The number of nitriles is 1. The summed E-state index contributed by atoms with van der Waals surface area (Å²) < 4.78 is 25.6. The van der Waals surface area contributed by atoms with Crippen molar-refractivity contribution in [3.05, 3.63) is 34.9 Å². The molecule has 3 nitrogen and oxygen atoms in total. The number of benzene rings is 1. The highest BCUT2D eigenvalue weighted by molar-refractivity contribution is 5.76. The molecule has 0 aliphatic carbocycles. The number of rotatable bonds is 1. The van der Waals surface area contributed by atoms with Crippen LogP contribution >= 0.6 is 0 Å². The average molecular weight is 220 g/mol. The molecule has 0 fully saturated rings. The first-order chi connectivity index (χ1) is 7.54. The Morgan fingerprint density at radius 2 is 1.88 bits per heavy atom. The molecular formula is C11H6F2N2O. The van der Waals surface area contributed by atoms with Crippen molar-refractivity contribution in [2.24, 2.45) is 5.73 Å². The summed E-state index contributed by atoms with van der Waals surface area (Å²) in [6, 6.07) is 3.24. The zero-order valence-electron chi connectivity index (χ0n) is 8.05. The molecule has 0 aliphatic heterocycles. The number of carbonyl (C=O) groups is 1. The van der Waals surface area contributed by atoms with E-state index in [-0.39, 0.29) is 17.5 Å². The Labute approximate surface area is 90.5 Å². The highest BCUT2D eigenvalue weighted by atomic mass is 19.2. The van der Waals surface area contributed by atoms with Gasteiger partial charge in [-0.3, -0.25) is 4.79 Å². The first kappa shape index (κ1) is 11.7. The molecule has 0 atom stereocenters. The Morgan fingerprint density at radius 3 is 2.38 bits per heavy atom. The summed E-state index contributed by atoms with van der Waals surface area (Å²) in [4.78, 5) is 10.4. The standard InChI is InChI=1S/C11H6F2N2O/c12-9-4-7(2-1-3-11(15)16)8(6-14)5-10(9)13/h4-5H,3H2,(H2,15,16). The molecule has 1 rings (SSSR count). The Kier molecular flexibility index (Phi) is 3.58. The molecule has 0 radical (unpaired) electrons. The van der Waals surface area contributed by atoms with Gasteiger partial charge in [0.25, 0.3) is 0 Å². The largest absolute Gasteiger partial charge is 0.369 e. The van der Waals surface area contributed by atoms with Gasteiger partial charge in [-0.15, -0.1) is 0 Å².